The molecule has 104 valence electrons. The van der Waals surface area contributed by atoms with Gasteiger partial charge in [0, 0.05) is 0 Å². The van der Waals surface area contributed by atoms with E-state index in [0.717, 1.165) is 12.7 Å². The van der Waals surface area contributed by atoms with Crippen LogP contribution < -0.4 is 0 Å². The summed E-state index contributed by atoms with van der Waals surface area (Å²) >= 11 is 0. The highest BCUT2D eigenvalue weighted by Crippen LogP contribution is 2.20. The normalized spacial score (nSPS) is 14.1. The molecule has 0 bridgehead atoms. The Morgan fingerprint density at radius 2 is 1.79 bits per heavy atom. The van der Waals surface area contributed by atoms with Gasteiger partial charge in [-0.05, 0) is 19.1 Å². The highest BCUT2D eigenvalue weighted by Gasteiger charge is 2.42. The minimum absolute atomic E-state index is 0.0660. The summed E-state index contributed by atoms with van der Waals surface area (Å²) in [4.78, 5) is 11.0. The zero-order valence-corrected chi connectivity index (χ0v) is 10.8. The lowest BCUT2D eigenvalue weighted by Gasteiger charge is -2.07. The Bertz CT molecular complexity index is 523. The number of carbonyl (C=O) groups excluding carboxylic acids is 1. The predicted octanol–water partition coefficient (Wildman–Crippen LogP) is 2.19. The van der Waals surface area contributed by atoms with Gasteiger partial charge < -0.3 is 4.74 Å². The zero-order valence-electron chi connectivity index (χ0n) is 10.0. The van der Waals surface area contributed by atoms with Crippen LogP contribution in [0.3, 0.4) is 0 Å². The molecule has 0 fully saturated rings. The van der Waals surface area contributed by atoms with E-state index < -0.39 is 28.8 Å². The minimum Gasteiger partial charge on any atom is -0.464 e. The number of esters is 1. The van der Waals surface area contributed by atoms with Crippen molar-refractivity contribution in [2.75, 3.05) is 7.11 Å². The maximum Gasteiger partial charge on any atom is 0.441 e. The molecule has 0 saturated carbocycles. The van der Waals surface area contributed by atoms with Crippen LogP contribution in [-0.2, 0) is 20.5 Å². The molecule has 1 aromatic carbocycles. The van der Waals surface area contributed by atoms with Gasteiger partial charge in [0.25, 0.3) is 0 Å². The topological polar surface area (TPSA) is 55.7 Å². The number of hydrogen-bond acceptors (Lipinski definition) is 3. The van der Waals surface area contributed by atoms with E-state index in [2.05, 4.69) is 9.13 Å². The van der Waals surface area contributed by atoms with E-state index in [4.69, 9.17) is 0 Å². The first-order valence-electron chi connectivity index (χ1n) is 4.98. The molecule has 1 atom stereocenters. The van der Waals surface area contributed by atoms with Crippen molar-refractivity contribution in [2.24, 2.45) is 4.40 Å². The van der Waals surface area contributed by atoms with Crippen LogP contribution in [0.1, 0.15) is 5.56 Å². The number of hydrogen-bond donors (Lipinski definition) is 0. The molecule has 0 spiro atoms. The first kappa shape index (κ1) is 15.4. The lowest BCUT2D eigenvalue weighted by atomic mass is 10.2. The third-order valence-corrected chi connectivity index (χ3v) is 3.07. The second-order valence-corrected chi connectivity index (χ2v) is 4.64. The molecule has 0 amide bonds. The van der Waals surface area contributed by atoms with Gasteiger partial charge in [0.15, 0.2) is 11.0 Å². The summed E-state index contributed by atoms with van der Waals surface area (Å²) in [6.45, 7) is 1.77. The Morgan fingerprint density at radius 3 is 2.21 bits per heavy atom. The average Bonchev–Trinajstić information content (AvgIpc) is 2.34. The van der Waals surface area contributed by atoms with Crippen LogP contribution in [0.5, 0.6) is 0 Å². The second-order valence-electron chi connectivity index (χ2n) is 3.49. The van der Waals surface area contributed by atoms with Gasteiger partial charge >= 0.3 is 12.1 Å². The molecule has 19 heavy (non-hydrogen) atoms. The molecule has 1 aromatic rings. The highest BCUT2D eigenvalue weighted by molar-refractivity contribution is 7.84. The van der Waals surface area contributed by atoms with Gasteiger partial charge in [0.2, 0.25) is 5.71 Å². The number of carbonyl (C=O) groups is 1. The molecule has 0 N–H and O–H groups in total. The number of alkyl halides is 3. The number of halogens is 3. The zero-order chi connectivity index (χ0) is 14.6. The molecule has 0 aromatic heterocycles. The van der Waals surface area contributed by atoms with Crippen LogP contribution in [0.15, 0.2) is 33.6 Å². The molecule has 0 unspecified atom stereocenters. The van der Waals surface area contributed by atoms with Crippen molar-refractivity contribution in [3.8, 4) is 0 Å². The highest BCUT2D eigenvalue weighted by atomic mass is 32.2. The van der Waals surface area contributed by atoms with Crippen LogP contribution in [0, 0.1) is 6.92 Å². The Kier molecular flexibility index (Phi) is 4.82. The number of benzene rings is 1. The second kappa shape index (κ2) is 5.96. The first-order valence-corrected chi connectivity index (χ1v) is 6.09. The molecule has 4 nitrogen and oxygen atoms in total. The van der Waals surface area contributed by atoms with E-state index in [-0.39, 0.29) is 4.90 Å². The fourth-order valence-electron chi connectivity index (χ4n) is 1.09. The van der Waals surface area contributed by atoms with Crippen LogP contribution in [0.2, 0.25) is 0 Å². The molecule has 0 radical (unpaired) electrons. The molecular weight excluding hydrogens is 283 g/mol. The molecule has 0 aliphatic rings. The van der Waals surface area contributed by atoms with Crippen LogP contribution in [-0.4, -0.2) is 29.2 Å². The van der Waals surface area contributed by atoms with Gasteiger partial charge in [-0.2, -0.15) is 17.6 Å². The van der Waals surface area contributed by atoms with Crippen molar-refractivity contribution >= 4 is 22.7 Å². The summed E-state index contributed by atoms with van der Waals surface area (Å²) in [6, 6.07) is 5.91. The molecule has 8 heteroatoms. The fourth-order valence-corrected chi connectivity index (χ4v) is 1.91. The van der Waals surface area contributed by atoms with E-state index >= 15 is 0 Å². The van der Waals surface area contributed by atoms with Crippen LogP contribution >= 0.6 is 0 Å². The number of aryl methyl sites for hydroxylation is 1. The summed E-state index contributed by atoms with van der Waals surface area (Å²) in [5, 5.41) is 0. The van der Waals surface area contributed by atoms with Gasteiger partial charge in [-0.15, -0.1) is 0 Å². The third-order valence-electron chi connectivity index (χ3n) is 2.04. The SMILES string of the molecule is COC(=O)/C(=N\[S@@](=O)c1ccc(C)cc1)C(F)(F)F. The molecule has 0 aliphatic carbocycles. The standard InChI is InChI=1S/C11H10F3NO3S/c1-7-3-5-8(6-4-7)19(17)15-9(10(16)18-2)11(12,13)14/h3-6H,1-2H3/b15-9+/t19-/m0/s1. The van der Waals surface area contributed by atoms with E-state index in [0.29, 0.717) is 0 Å². The van der Waals surface area contributed by atoms with Gasteiger partial charge in [0.05, 0.1) is 12.0 Å². The molecule has 0 aliphatic heterocycles. The predicted molar refractivity (Wildman–Crippen MR) is 63.1 cm³/mol. The van der Waals surface area contributed by atoms with Crippen molar-refractivity contribution < 1.29 is 26.9 Å². The van der Waals surface area contributed by atoms with Gasteiger partial charge in [-0.3, -0.25) is 0 Å². The summed E-state index contributed by atoms with van der Waals surface area (Å²) in [5.74, 6) is -1.67. The summed E-state index contributed by atoms with van der Waals surface area (Å²) in [6.07, 6.45) is -5.02. The minimum atomic E-state index is -5.02. The van der Waals surface area contributed by atoms with Gasteiger partial charge in [-0.25, -0.2) is 9.00 Å². The van der Waals surface area contributed by atoms with Crippen molar-refractivity contribution in [2.45, 2.75) is 18.0 Å². The summed E-state index contributed by atoms with van der Waals surface area (Å²) in [5.41, 5.74) is -0.970. The van der Waals surface area contributed by atoms with Gasteiger partial charge in [0.1, 0.15) is 0 Å². The van der Waals surface area contributed by atoms with Crippen molar-refractivity contribution in [1.82, 2.24) is 0 Å². The monoisotopic (exact) mass is 293 g/mol. The maximum absolute atomic E-state index is 12.5. The van der Waals surface area contributed by atoms with Crippen molar-refractivity contribution in [3.05, 3.63) is 29.8 Å². The van der Waals surface area contributed by atoms with Crippen molar-refractivity contribution in [3.63, 3.8) is 0 Å². The van der Waals surface area contributed by atoms with Crippen molar-refractivity contribution in [1.29, 1.82) is 0 Å². The molecule has 0 heterocycles. The smallest absolute Gasteiger partial charge is 0.441 e. The first-order chi connectivity index (χ1) is 8.75. The molecule has 0 saturated heterocycles. The Balaban J connectivity index is 3.12. The average molecular weight is 293 g/mol. The molecule has 1 rings (SSSR count). The Labute approximate surface area is 109 Å². The largest absolute Gasteiger partial charge is 0.464 e. The fraction of sp³-hybridized carbons (Fsp3) is 0.273. The number of ether oxygens (including phenoxy) is 1. The third kappa shape index (κ3) is 4.16. The molecular formula is C11H10F3NO3S. The van der Waals surface area contributed by atoms with Crippen LogP contribution in [0.4, 0.5) is 13.2 Å². The number of methoxy groups -OCH3 is 1. The Hall–Kier alpha value is -1.70. The number of rotatable bonds is 3. The number of nitrogens with zero attached hydrogens (tertiary/aromatic N) is 1. The summed E-state index contributed by atoms with van der Waals surface area (Å²) < 4.78 is 56.1. The Morgan fingerprint density at radius 1 is 1.26 bits per heavy atom. The summed E-state index contributed by atoms with van der Waals surface area (Å²) in [7, 11) is -1.53. The van der Waals surface area contributed by atoms with E-state index in [1.807, 2.05) is 0 Å². The van der Waals surface area contributed by atoms with E-state index in [9.17, 15) is 22.2 Å². The lowest BCUT2D eigenvalue weighted by Crippen LogP contribution is -2.32. The van der Waals surface area contributed by atoms with Gasteiger partial charge in [-0.1, -0.05) is 17.7 Å². The van der Waals surface area contributed by atoms with E-state index in [1.54, 1.807) is 19.1 Å². The quantitative estimate of drug-likeness (QED) is 0.634. The van der Waals surface area contributed by atoms with E-state index in [1.165, 1.54) is 12.1 Å². The van der Waals surface area contributed by atoms with Crippen LogP contribution in [0.25, 0.3) is 0 Å². The lowest BCUT2D eigenvalue weighted by molar-refractivity contribution is -0.137. The maximum atomic E-state index is 12.5.